The molecule has 0 atom stereocenters. The second-order valence-electron chi connectivity index (χ2n) is 7.16. The number of benzene rings is 3. The van der Waals surface area contributed by atoms with Crippen molar-refractivity contribution >= 4 is 50.5 Å². The predicted molar refractivity (Wildman–Crippen MR) is 120 cm³/mol. The Bertz CT molecular complexity index is 1210. The van der Waals surface area contributed by atoms with E-state index in [9.17, 15) is 13.2 Å². The van der Waals surface area contributed by atoms with Gasteiger partial charge in [-0.3, -0.25) is 9.52 Å². The molecule has 1 aliphatic rings. The number of hydrogen-bond acceptors (Lipinski definition) is 3. The van der Waals surface area contributed by atoms with Gasteiger partial charge >= 0.3 is 0 Å². The van der Waals surface area contributed by atoms with Gasteiger partial charge in [-0.1, -0.05) is 53.5 Å². The first kappa shape index (κ1) is 20.7. The smallest absolute Gasteiger partial charge is 0.262 e. The predicted octanol–water partition coefficient (Wildman–Crippen LogP) is 5.46. The largest absolute Gasteiger partial charge is 0.325 e. The zero-order valence-corrected chi connectivity index (χ0v) is 18.1. The van der Waals surface area contributed by atoms with E-state index in [1.54, 1.807) is 48.5 Å². The SMILES string of the molecule is O=C(Nc1cccc(S(=O)(=O)Nc2ccccc2Cl)c1)C1(c2ccc(Cl)cc2)CC1. The van der Waals surface area contributed by atoms with Crippen molar-refractivity contribution in [2.24, 2.45) is 0 Å². The Morgan fingerprint density at radius 2 is 1.60 bits per heavy atom. The molecule has 1 amide bonds. The fraction of sp³-hybridized carbons (Fsp3) is 0.136. The number of rotatable bonds is 6. The van der Waals surface area contributed by atoms with E-state index in [0.717, 1.165) is 18.4 Å². The summed E-state index contributed by atoms with van der Waals surface area (Å²) in [6.07, 6.45) is 1.46. The Balaban J connectivity index is 1.54. The summed E-state index contributed by atoms with van der Waals surface area (Å²) in [5, 5.41) is 3.76. The zero-order valence-electron chi connectivity index (χ0n) is 15.7. The van der Waals surface area contributed by atoms with Gasteiger partial charge in [-0.2, -0.15) is 0 Å². The van der Waals surface area contributed by atoms with Crippen LogP contribution in [-0.2, 0) is 20.2 Å². The number of carbonyl (C=O) groups is 1. The highest BCUT2D eigenvalue weighted by atomic mass is 35.5. The Morgan fingerprint density at radius 1 is 0.900 bits per heavy atom. The van der Waals surface area contributed by atoms with Gasteiger partial charge in [0.1, 0.15) is 0 Å². The average Bonchev–Trinajstić information content (AvgIpc) is 3.52. The van der Waals surface area contributed by atoms with Crippen LogP contribution in [0.4, 0.5) is 11.4 Å². The lowest BCUT2D eigenvalue weighted by atomic mass is 9.95. The highest BCUT2D eigenvalue weighted by molar-refractivity contribution is 7.92. The first-order valence-electron chi connectivity index (χ1n) is 9.25. The van der Waals surface area contributed by atoms with Crippen LogP contribution in [0, 0.1) is 0 Å². The monoisotopic (exact) mass is 460 g/mol. The van der Waals surface area contributed by atoms with Crippen LogP contribution in [0.5, 0.6) is 0 Å². The molecular formula is C22H18Cl2N2O3S. The quantitative estimate of drug-likeness (QED) is 0.512. The van der Waals surface area contributed by atoms with Crippen LogP contribution >= 0.6 is 23.2 Å². The molecule has 0 spiro atoms. The molecule has 3 aromatic rings. The number of anilines is 2. The highest BCUT2D eigenvalue weighted by Gasteiger charge is 2.51. The number of hydrogen-bond donors (Lipinski definition) is 2. The Labute approximate surface area is 185 Å². The standard InChI is InChI=1S/C22H18Cl2N2O3S/c23-16-10-8-15(9-11-16)22(12-13-22)21(27)25-17-4-3-5-18(14-17)30(28,29)26-20-7-2-1-6-19(20)24/h1-11,14,26H,12-13H2,(H,25,27). The van der Waals surface area contributed by atoms with Gasteiger partial charge in [0, 0.05) is 10.7 Å². The van der Waals surface area contributed by atoms with Gasteiger partial charge in [0.2, 0.25) is 5.91 Å². The fourth-order valence-electron chi connectivity index (χ4n) is 3.28. The zero-order chi connectivity index (χ0) is 21.4. The molecule has 5 nitrogen and oxygen atoms in total. The maximum Gasteiger partial charge on any atom is 0.262 e. The first-order valence-corrected chi connectivity index (χ1v) is 11.5. The van der Waals surface area contributed by atoms with Crippen molar-refractivity contribution < 1.29 is 13.2 Å². The van der Waals surface area contributed by atoms with Crippen molar-refractivity contribution in [3.63, 3.8) is 0 Å². The minimum atomic E-state index is -3.87. The maximum atomic E-state index is 13.0. The first-order chi connectivity index (χ1) is 14.3. The van der Waals surface area contributed by atoms with Crippen molar-refractivity contribution in [1.82, 2.24) is 0 Å². The van der Waals surface area contributed by atoms with Gasteiger partial charge in [0.05, 0.1) is 21.0 Å². The molecule has 1 saturated carbocycles. The van der Waals surface area contributed by atoms with Crippen LogP contribution in [0.25, 0.3) is 0 Å². The van der Waals surface area contributed by atoms with Crippen molar-refractivity contribution in [1.29, 1.82) is 0 Å². The Morgan fingerprint density at radius 3 is 2.27 bits per heavy atom. The van der Waals surface area contributed by atoms with Crippen LogP contribution in [0.3, 0.4) is 0 Å². The maximum absolute atomic E-state index is 13.0. The minimum Gasteiger partial charge on any atom is -0.325 e. The van der Waals surface area contributed by atoms with Crippen molar-refractivity contribution in [2.45, 2.75) is 23.2 Å². The van der Waals surface area contributed by atoms with E-state index in [-0.39, 0.29) is 16.5 Å². The van der Waals surface area contributed by atoms with Crippen LogP contribution in [0.15, 0.2) is 77.7 Å². The summed E-state index contributed by atoms with van der Waals surface area (Å²) in [4.78, 5) is 13.0. The summed E-state index contributed by atoms with van der Waals surface area (Å²) >= 11 is 12.0. The molecule has 8 heteroatoms. The number of carbonyl (C=O) groups excluding carboxylic acids is 1. The van der Waals surface area contributed by atoms with Crippen molar-refractivity contribution in [3.05, 3.63) is 88.4 Å². The molecule has 4 rings (SSSR count). The Kier molecular flexibility index (Phi) is 5.49. The van der Waals surface area contributed by atoms with E-state index in [1.165, 1.54) is 12.1 Å². The molecule has 0 aliphatic heterocycles. The molecule has 30 heavy (non-hydrogen) atoms. The molecule has 1 fully saturated rings. The van der Waals surface area contributed by atoms with Crippen molar-refractivity contribution in [3.8, 4) is 0 Å². The molecule has 0 saturated heterocycles. The molecule has 3 aromatic carbocycles. The summed E-state index contributed by atoms with van der Waals surface area (Å²) in [5.74, 6) is -0.168. The van der Waals surface area contributed by atoms with E-state index in [2.05, 4.69) is 10.0 Å². The van der Waals surface area contributed by atoms with Gasteiger partial charge in [-0.25, -0.2) is 8.42 Å². The molecule has 0 heterocycles. The number of nitrogens with one attached hydrogen (secondary N) is 2. The lowest BCUT2D eigenvalue weighted by Crippen LogP contribution is -2.27. The van der Waals surface area contributed by atoms with Crippen molar-refractivity contribution in [2.75, 3.05) is 10.0 Å². The third-order valence-corrected chi connectivity index (χ3v) is 7.05. The summed E-state index contributed by atoms with van der Waals surface area (Å²) in [6, 6.07) is 19.9. The summed E-state index contributed by atoms with van der Waals surface area (Å²) in [5.41, 5.74) is 0.985. The lowest BCUT2D eigenvalue weighted by Gasteiger charge is -2.16. The van der Waals surface area contributed by atoms with Crippen LogP contribution in [0.2, 0.25) is 10.0 Å². The molecule has 2 N–H and O–H groups in total. The topological polar surface area (TPSA) is 75.3 Å². The highest BCUT2D eigenvalue weighted by Crippen LogP contribution is 2.49. The average molecular weight is 461 g/mol. The summed E-state index contributed by atoms with van der Waals surface area (Å²) < 4.78 is 28.0. The van der Waals surface area contributed by atoms with Crippen LogP contribution in [0.1, 0.15) is 18.4 Å². The summed E-state index contributed by atoms with van der Waals surface area (Å²) in [7, 11) is -3.87. The second-order valence-corrected chi connectivity index (χ2v) is 9.68. The van der Waals surface area contributed by atoms with Gasteiger partial charge < -0.3 is 5.32 Å². The molecule has 154 valence electrons. The van der Waals surface area contributed by atoms with Gasteiger partial charge in [0.15, 0.2) is 0 Å². The number of halogens is 2. The minimum absolute atomic E-state index is 0.0246. The van der Waals surface area contributed by atoms with Crippen LogP contribution < -0.4 is 10.0 Å². The van der Waals surface area contributed by atoms with Gasteiger partial charge in [0.25, 0.3) is 10.0 Å². The molecule has 0 aromatic heterocycles. The normalized spacial score (nSPS) is 14.7. The number of sulfonamides is 1. The summed E-state index contributed by atoms with van der Waals surface area (Å²) in [6.45, 7) is 0. The second kappa shape index (κ2) is 7.95. The molecular weight excluding hydrogens is 443 g/mol. The number of amides is 1. The van der Waals surface area contributed by atoms with Gasteiger partial charge in [-0.05, 0) is 60.9 Å². The van der Waals surface area contributed by atoms with E-state index in [4.69, 9.17) is 23.2 Å². The third-order valence-electron chi connectivity index (χ3n) is 5.10. The van der Waals surface area contributed by atoms with E-state index in [1.807, 2.05) is 12.1 Å². The molecule has 0 unspecified atom stereocenters. The van der Waals surface area contributed by atoms with E-state index < -0.39 is 15.4 Å². The fourth-order valence-corrected chi connectivity index (χ4v) is 4.77. The van der Waals surface area contributed by atoms with Crippen LogP contribution in [-0.4, -0.2) is 14.3 Å². The third kappa shape index (κ3) is 4.17. The molecule has 1 aliphatic carbocycles. The van der Waals surface area contributed by atoms with E-state index >= 15 is 0 Å². The molecule has 0 bridgehead atoms. The Hall–Kier alpha value is -2.54. The van der Waals surface area contributed by atoms with Gasteiger partial charge in [-0.15, -0.1) is 0 Å². The lowest BCUT2D eigenvalue weighted by molar-refractivity contribution is -0.118. The number of para-hydroxylation sites is 1. The van der Waals surface area contributed by atoms with E-state index in [0.29, 0.717) is 15.7 Å². The molecule has 0 radical (unpaired) electrons.